The van der Waals surface area contributed by atoms with Crippen LogP contribution in [-0.2, 0) is 19.4 Å². The van der Waals surface area contributed by atoms with Crippen molar-refractivity contribution in [1.82, 2.24) is 10.2 Å². The van der Waals surface area contributed by atoms with Crippen molar-refractivity contribution in [2.24, 2.45) is 5.92 Å². The first-order valence-corrected chi connectivity index (χ1v) is 8.96. The first-order chi connectivity index (χ1) is 9.34. The summed E-state index contributed by atoms with van der Waals surface area (Å²) >= 11 is 0. The van der Waals surface area contributed by atoms with E-state index in [-0.39, 0.29) is 48.2 Å². The summed E-state index contributed by atoms with van der Waals surface area (Å²) in [4.78, 5) is 25.8. The van der Waals surface area contributed by atoms with E-state index >= 15 is 0 Å². The lowest BCUT2D eigenvalue weighted by Gasteiger charge is -2.28. The van der Waals surface area contributed by atoms with Crippen LogP contribution < -0.4 is 5.32 Å². The first kappa shape index (κ1) is 15.3. The number of rotatable bonds is 5. The topological polar surface area (TPSA) is 83.6 Å². The molecule has 0 radical (unpaired) electrons. The summed E-state index contributed by atoms with van der Waals surface area (Å²) in [7, 11) is -3.11. The Labute approximate surface area is 119 Å². The third-order valence-electron chi connectivity index (χ3n) is 4.05. The van der Waals surface area contributed by atoms with Crippen molar-refractivity contribution in [3.63, 3.8) is 0 Å². The third-order valence-corrected chi connectivity index (χ3v) is 5.74. The van der Waals surface area contributed by atoms with Gasteiger partial charge in [0.15, 0.2) is 9.84 Å². The number of carbonyl (C=O) groups is 2. The maximum atomic E-state index is 12.5. The molecule has 2 unspecified atom stereocenters. The van der Waals surface area contributed by atoms with Crippen LogP contribution in [0.15, 0.2) is 0 Å². The van der Waals surface area contributed by atoms with Crippen molar-refractivity contribution < 1.29 is 18.0 Å². The maximum Gasteiger partial charge on any atom is 0.245 e. The molecule has 7 heteroatoms. The van der Waals surface area contributed by atoms with Gasteiger partial charge in [-0.05, 0) is 25.7 Å². The van der Waals surface area contributed by atoms with Crippen LogP contribution in [0.2, 0.25) is 0 Å². The van der Waals surface area contributed by atoms with E-state index in [4.69, 9.17) is 0 Å². The Morgan fingerprint density at radius 2 is 1.95 bits per heavy atom. The van der Waals surface area contributed by atoms with Crippen LogP contribution in [0.3, 0.4) is 0 Å². The van der Waals surface area contributed by atoms with Crippen molar-refractivity contribution in [2.45, 2.75) is 45.2 Å². The zero-order chi connectivity index (χ0) is 14.9. The number of nitrogens with one attached hydrogen (secondary N) is 1. The molecular weight excluding hydrogens is 280 g/mol. The zero-order valence-corrected chi connectivity index (χ0v) is 12.8. The van der Waals surface area contributed by atoms with Crippen molar-refractivity contribution in [1.29, 1.82) is 0 Å². The van der Waals surface area contributed by atoms with E-state index in [1.54, 1.807) is 18.7 Å². The van der Waals surface area contributed by atoms with Gasteiger partial charge in [-0.3, -0.25) is 9.59 Å². The molecule has 0 bridgehead atoms. The van der Waals surface area contributed by atoms with Gasteiger partial charge in [-0.15, -0.1) is 0 Å². The van der Waals surface area contributed by atoms with Crippen LogP contribution in [0, 0.1) is 5.92 Å². The van der Waals surface area contributed by atoms with Gasteiger partial charge in [0.05, 0.1) is 5.75 Å². The highest BCUT2D eigenvalue weighted by atomic mass is 32.2. The molecule has 1 heterocycles. The Balaban J connectivity index is 2.11. The summed E-state index contributed by atoms with van der Waals surface area (Å²) in [6.45, 7) is 3.57. The number of amides is 2. The monoisotopic (exact) mass is 302 g/mol. The molecule has 1 N–H and O–H groups in total. The SMILES string of the molecule is CCS(=O)(=O)CCN1C(=O)C(C2CC2)NC(=O)CC1C. The lowest BCUT2D eigenvalue weighted by atomic mass is 10.1. The molecule has 1 saturated carbocycles. The van der Waals surface area contributed by atoms with Crippen molar-refractivity contribution in [3.8, 4) is 0 Å². The number of sulfone groups is 1. The number of hydrogen-bond donors (Lipinski definition) is 1. The van der Waals surface area contributed by atoms with E-state index in [1.165, 1.54) is 0 Å². The molecule has 1 aliphatic carbocycles. The molecule has 1 saturated heterocycles. The highest BCUT2D eigenvalue weighted by Gasteiger charge is 2.42. The van der Waals surface area contributed by atoms with Crippen LogP contribution in [0.1, 0.15) is 33.1 Å². The smallest absolute Gasteiger partial charge is 0.245 e. The quantitative estimate of drug-likeness (QED) is 0.771. The molecule has 0 aromatic carbocycles. The van der Waals surface area contributed by atoms with Crippen molar-refractivity contribution in [3.05, 3.63) is 0 Å². The standard InChI is InChI=1S/C13H22N2O4S/c1-3-20(18,19)7-6-15-9(2)8-11(16)14-12(13(15)17)10-4-5-10/h9-10,12H,3-8H2,1-2H3,(H,14,16). The predicted molar refractivity (Wildman–Crippen MR) is 74.8 cm³/mol. The van der Waals surface area contributed by atoms with Crippen molar-refractivity contribution in [2.75, 3.05) is 18.1 Å². The molecule has 1 aliphatic heterocycles. The molecule has 2 fully saturated rings. The minimum atomic E-state index is -3.11. The number of carbonyl (C=O) groups excluding carboxylic acids is 2. The molecular formula is C13H22N2O4S. The summed E-state index contributed by atoms with van der Waals surface area (Å²) < 4.78 is 23.2. The number of hydrogen-bond acceptors (Lipinski definition) is 4. The van der Waals surface area contributed by atoms with E-state index in [1.807, 2.05) is 0 Å². The zero-order valence-electron chi connectivity index (χ0n) is 12.0. The van der Waals surface area contributed by atoms with E-state index in [0.717, 1.165) is 12.8 Å². The first-order valence-electron chi connectivity index (χ1n) is 7.14. The molecule has 114 valence electrons. The average molecular weight is 302 g/mol. The Kier molecular flexibility index (Phi) is 4.36. The van der Waals surface area contributed by atoms with Gasteiger partial charge in [-0.1, -0.05) is 6.92 Å². The molecule has 2 rings (SSSR count). The van der Waals surface area contributed by atoms with Gasteiger partial charge in [-0.2, -0.15) is 0 Å². The Hall–Kier alpha value is -1.11. The normalized spacial score (nSPS) is 28.2. The van der Waals surface area contributed by atoms with Gasteiger partial charge < -0.3 is 10.2 Å². The van der Waals surface area contributed by atoms with Gasteiger partial charge in [-0.25, -0.2) is 8.42 Å². The van der Waals surface area contributed by atoms with E-state index in [9.17, 15) is 18.0 Å². The van der Waals surface area contributed by atoms with Crippen LogP contribution in [-0.4, -0.2) is 55.3 Å². The second-order valence-electron chi connectivity index (χ2n) is 5.70. The van der Waals surface area contributed by atoms with Crippen LogP contribution in [0.4, 0.5) is 0 Å². The van der Waals surface area contributed by atoms with Gasteiger partial charge in [0.2, 0.25) is 11.8 Å². The fourth-order valence-corrected chi connectivity index (χ4v) is 3.29. The average Bonchev–Trinajstić information content (AvgIpc) is 3.19. The summed E-state index contributed by atoms with van der Waals surface area (Å²) in [6.07, 6.45) is 2.14. The van der Waals surface area contributed by atoms with Crippen LogP contribution in [0.5, 0.6) is 0 Å². The molecule has 2 atom stereocenters. The maximum absolute atomic E-state index is 12.5. The van der Waals surface area contributed by atoms with E-state index in [2.05, 4.69) is 5.32 Å². The molecule has 0 aromatic heterocycles. The second-order valence-corrected chi connectivity index (χ2v) is 8.18. The molecule has 2 aliphatic rings. The molecule has 20 heavy (non-hydrogen) atoms. The van der Waals surface area contributed by atoms with Gasteiger partial charge in [0.1, 0.15) is 6.04 Å². The van der Waals surface area contributed by atoms with Crippen molar-refractivity contribution >= 4 is 21.7 Å². The molecule has 0 aromatic rings. The third kappa shape index (κ3) is 3.50. The van der Waals surface area contributed by atoms with Gasteiger partial charge in [0.25, 0.3) is 0 Å². The largest absolute Gasteiger partial charge is 0.344 e. The van der Waals surface area contributed by atoms with E-state index < -0.39 is 15.9 Å². The lowest BCUT2D eigenvalue weighted by molar-refractivity contribution is -0.135. The minimum Gasteiger partial charge on any atom is -0.344 e. The molecule has 0 spiro atoms. The highest BCUT2D eigenvalue weighted by molar-refractivity contribution is 7.91. The fraction of sp³-hybridized carbons (Fsp3) is 0.846. The summed E-state index contributed by atoms with van der Waals surface area (Å²) in [5.74, 6) is 0.0143. The molecule has 2 amide bonds. The predicted octanol–water partition coefficient (Wildman–Crippen LogP) is -0.0633. The van der Waals surface area contributed by atoms with Gasteiger partial charge in [0, 0.05) is 24.8 Å². The Morgan fingerprint density at radius 1 is 1.30 bits per heavy atom. The van der Waals surface area contributed by atoms with Gasteiger partial charge >= 0.3 is 0 Å². The van der Waals surface area contributed by atoms with Crippen LogP contribution >= 0.6 is 0 Å². The minimum absolute atomic E-state index is 0.0366. The fourth-order valence-electron chi connectivity index (χ4n) is 2.53. The lowest BCUT2D eigenvalue weighted by Crippen LogP contribution is -2.48. The summed E-state index contributed by atoms with van der Waals surface area (Å²) in [6, 6.07) is -0.713. The van der Waals surface area contributed by atoms with E-state index in [0.29, 0.717) is 0 Å². The highest BCUT2D eigenvalue weighted by Crippen LogP contribution is 2.34. The molecule has 6 nitrogen and oxygen atoms in total. The summed E-state index contributed by atoms with van der Waals surface area (Å²) in [5.41, 5.74) is 0. The Bertz CT molecular complexity index is 499. The second kappa shape index (κ2) is 5.71. The number of nitrogens with zero attached hydrogens (tertiary/aromatic N) is 1. The Morgan fingerprint density at radius 3 is 2.50 bits per heavy atom. The van der Waals surface area contributed by atoms with Crippen LogP contribution in [0.25, 0.3) is 0 Å². The summed E-state index contributed by atoms with van der Waals surface area (Å²) in [5, 5.41) is 2.78.